The van der Waals surface area contributed by atoms with Crippen LogP contribution in [0.2, 0.25) is 0 Å². The van der Waals surface area contributed by atoms with Crippen LogP contribution in [0.3, 0.4) is 0 Å². The summed E-state index contributed by atoms with van der Waals surface area (Å²) in [6, 6.07) is 0.684. The molecule has 1 heterocycles. The van der Waals surface area contributed by atoms with Gasteiger partial charge in [-0.05, 0) is 31.6 Å². The molecule has 0 bridgehead atoms. The van der Waals surface area contributed by atoms with Gasteiger partial charge in [0.2, 0.25) is 0 Å². The van der Waals surface area contributed by atoms with Gasteiger partial charge in [-0.15, -0.1) is 0 Å². The zero-order valence-corrected chi connectivity index (χ0v) is 10.6. The van der Waals surface area contributed by atoms with Crippen LogP contribution in [0.15, 0.2) is 0 Å². The molecule has 1 N–H and O–H groups in total. The van der Waals surface area contributed by atoms with E-state index in [0.29, 0.717) is 12.1 Å². The lowest BCUT2D eigenvalue weighted by Gasteiger charge is -2.22. The molecule has 0 aromatic rings. The summed E-state index contributed by atoms with van der Waals surface area (Å²) in [5.41, 5.74) is 0. The van der Waals surface area contributed by atoms with Gasteiger partial charge in [-0.25, -0.2) is 0 Å². The van der Waals surface area contributed by atoms with E-state index < -0.39 is 0 Å². The molecule has 1 saturated heterocycles. The summed E-state index contributed by atoms with van der Waals surface area (Å²) in [7, 11) is 0. The van der Waals surface area contributed by atoms with Crippen LogP contribution in [-0.2, 0) is 4.74 Å². The van der Waals surface area contributed by atoms with Crippen LogP contribution >= 0.6 is 0 Å². The minimum Gasteiger partial charge on any atom is -0.377 e. The number of ether oxygens (including phenoxy) is 1. The molecule has 3 atom stereocenters. The highest BCUT2D eigenvalue weighted by Gasteiger charge is 2.17. The van der Waals surface area contributed by atoms with Crippen molar-refractivity contribution in [1.82, 2.24) is 5.32 Å². The molecule has 0 amide bonds. The lowest BCUT2D eigenvalue weighted by molar-refractivity contribution is 0.106. The van der Waals surface area contributed by atoms with Gasteiger partial charge in [0.1, 0.15) is 0 Å². The molecule has 2 heteroatoms. The smallest absolute Gasteiger partial charge is 0.0700 e. The molecule has 0 aromatic carbocycles. The van der Waals surface area contributed by atoms with Crippen molar-refractivity contribution in [2.24, 2.45) is 5.92 Å². The van der Waals surface area contributed by atoms with Crippen molar-refractivity contribution in [1.29, 1.82) is 0 Å². The molecular formula is C13H27NO. The zero-order valence-electron chi connectivity index (χ0n) is 10.6. The average Bonchev–Trinajstić information content (AvgIpc) is 2.76. The second-order valence-electron chi connectivity index (χ2n) is 4.90. The Morgan fingerprint density at radius 1 is 1.33 bits per heavy atom. The van der Waals surface area contributed by atoms with Crippen LogP contribution < -0.4 is 5.32 Å². The van der Waals surface area contributed by atoms with Crippen molar-refractivity contribution in [3.05, 3.63) is 0 Å². The highest BCUT2D eigenvalue weighted by atomic mass is 16.5. The van der Waals surface area contributed by atoms with E-state index in [2.05, 4.69) is 26.1 Å². The van der Waals surface area contributed by atoms with Crippen molar-refractivity contribution in [3.8, 4) is 0 Å². The lowest BCUT2D eigenvalue weighted by atomic mass is 9.97. The van der Waals surface area contributed by atoms with Gasteiger partial charge in [0.25, 0.3) is 0 Å². The summed E-state index contributed by atoms with van der Waals surface area (Å²) in [5.74, 6) is 0.840. The van der Waals surface area contributed by atoms with E-state index in [1.807, 2.05) is 0 Å². The van der Waals surface area contributed by atoms with Crippen molar-refractivity contribution in [2.45, 2.75) is 65.0 Å². The van der Waals surface area contributed by atoms with Gasteiger partial charge in [-0.2, -0.15) is 0 Å². The molecule has 1 aliphatic rings. The molecule has 15 heavy (non-hydrogen) atoms. The molecule has 90 valence electrons. The Kier molecular flexibility index (Phi) is 6.26. The Labute approximate surface area is 94.8 Å². The number of hydrogen-bond donors (Lipinski definition) is 1. The second kappa shape index (κ2) is 7.24. The van der Waals surface area contributed by atoms with Gasteiger partial charge < -0.3 is 10.1 Å². The van der Waals surface area contributed by atoms with Gasteiger partial charge >= 0.3 is 0 Å². The highest BCUT2D eigenvalue weighted by molar-refractivity contribution is 4.73. The predicted molar refractivity (Wildman–Crippen MR) is 65.1 cm³/mol. The third-order valence-corrected chi connectivity index (χ3v) is 3.53. The molecule has 2 nitrogen and oxygen atoms in total. The molecule has 1 rings (SSSR count). The van der Waals surface area contributed by atoms with E-state index in [4.69, 9.17) is 4.74 Å². The maximum atomic E-state index is 5.62. The first-order chi connectivity index (χ1) is 7.26. The number of nitrogens with one attached hydrogen (secondary N) is 1. The van der Waals surface area contributed by atoms with Crippen LogP contribution in [0.4, 0.5) is 0 Å². The quantitative estimate of drug-likeness (QED) is 0.702. The Morgan fingerprint density at radius 2 is 2.13 bits per heavy atom. The van der Waals surface area contributed by atoms with Crippen molar-refractivity contribution < 1.29 is 4.74 Å². The van der Waals surface area contributed by atoms with Crippen LogP contribution in [0, 0.1) is 5.92 Å². The topological polar surface area (TPSA) is 21.3 Å². The van der Waals surface area contributed by atoms with Gasteiger partial charge in [0, 0.05) is 19.2 Å². The Balaban J connectivity index is 2.14. The summed E-state index contributed by atoms with van der Waals surface area (Å²) < 4.78 is 5.62. The van der Waals surface area contributed by atoms with Crippen LogP contribution in [0.5, 0.6) is 0 Å². The normalized spacial score (nSPS) is 25.4. The average molecular weight is 213 g/mol. The molecule has 0 saturated carbocycles. The molecule has 0 radical (unpaired) electrons. The highest BCUT2D eigenvalue weighted by Crippen LogP contribution is 2.14. The summed E-state index contributed by atoms with van der Waals surface area (Å²) in [5, 5.41) is 3.65. The maximum absolute atomic E-state index is 5.62. The van der Waals surface area contributed by atoms with Crippen molar-refractivity contribution in [2.75, 3.05) is 13.2 Å². The van der Waals surface area contributed by atoms with Crippen molar-refractivity contribution in [3.63, 3.8) is 0 Å². The summed E-state index contributed by atoms with van der Waals surface area (Å²) >= 11 is 0. The minimum atomic E-state index is 0.482. The van der Waals surface area contributed by atoms with E-state index in [9.17, 15) is 0 Å². The van der Waals surface area contributed by atoms with Crippen LogP contribution in [0.1, 0.15) is 52.9 Å². The Bertz CT molecular complexity index is 155. The summed E-state index contributed by atoms with van der Waals surface area (Å²) in [6.45, 7) is 8.91. The molecular weight excluding hydrogens is 186 g/mol. The zero-order chi connectivity index (χ0) is 11.1. The van der Waals surface area contributed by atoms with Crippen molar-refractivity contribution >= 4 is 0 Å². The van der Waals surface area contributed by atoms with Gasteiger partial charge in [-0.3, -0.25) is 0 Å². The molecule has 0 aromatic heterocycles. The van der Waals surface area contributed by atoms with Crippen LogP contribution in [-0.4, -0.2) is 25.3 Å². The Morgan fingerprint density at radius 3 is 2.67 bits per heavy atom. The maximum Gasteiger partial charge on any atom is 0.0700 e. The summed E-state index contributed by atoms with van der Waals surface area (Å²) in [6.07, 6.45) is 6.80. The van der Waals surface area contributed by atoms with Gasteiger partial charge in [-0.1, -0.05) is 27.2 Å². The fourth-order valence-corrected chi connectivity index (χ4v) is 2.15. The van der Waals surface area contributed by atoms with Crippen LogP contribution in [0.25, 0.3) is 0 Å². The number of hydrogen-bond acceptors (Lipinski definition) is 2. The molecule has 0 unspecified atom stereocenters. The molecule has 1 fully saturated rings. The molecule has 0 spiro atoms. The fourth-order valence-electron chi connectivity index (χ4n) is 2.15. The van der Waals surface area contributed by atoms with E-state index in [1.165, 1.54) is 32.1 Å². The SMILES string of the molecule is CC[C@H](C)C[C@H](CC)NC[C@H]1CCCO1. The number of rotatable bonds is 7. The third kappa shape index (κ3) is 4.98. The first-order valence-electron chi connectivity index (χ1n) is 6.61. The summed E-state index contributed by atoms with van der Waals surface area (Å²) in [4.78, 5) is 0. The van der Waals surface area contributed by atoms with E-state index >= 15 is 0 Å². The van der Waals surface area contributed by atoms with E-state index in [0.717, 1.165) is 19.1 Å². The second-order valence-corrected chi connectivity index (χ2v) is 4.90. The monoisotopic (exact) mass is 213 g/mol. The molecule has 1 aliphatic heterocycles. The van der Waals surface area contributed by atoms with Gasteiger partial charge in [0.05, 0.1) is 6.10 Å². The third-order valence-electron chi connectivity index (χ3n) is 3.53. The minimum absolute atomic E-state index is 0.482. The predicted octanol–water partition coefficient (Wildman–Crippen LogP) is 2.97. The molecule has 0 aliphatic carbocycles. The first-order valence-corrected chi connectivity index (χ1v) is 6.61. The van der Waals surface area contributed by atoms with Gasteiger partial charge in [0.15, 0.2) is 0 Å². The lowest BCUT2D eigenvalue weighted by Crippen LogP contribution is -2.36. The first kappa shape index (κ1) is 13.0. The standard InChI is InChI=1S/C13H27NO/c1-4-11(3)9-12(5-2)14-10-13-7-6-8-15-13/h11-14H,4-10H2,1-3H3/t11-,12-,13+/m0/s1. The Hall–Kier alpha value is -0.0800. The largest absolute Gasteiger partial charge is 0.377 e. The fraction of sp³-hybridized carbons (Fsp3) is 1.00. The van der Waals surface area contributed by atoms with E-state index in [1.54, 1.807) is 0 Å². The van der Waals surface area contributed by atoms with E-state index in [-0.39, 0.29) is 0 Å².